The van der Waals surface area contributed by atoms with Crippen LogP contribution in [-0.4, -0.2) is 18.2 Å². The average Bonchev–Trinajstić information content (AvgIpc) is 2.02. The van der Waals surface area contributed by atoms with Crippen molar-refractivity contribution in [2.45, 2.75) is 4.87 Å². The molecule has 1 aromatic heterocycles. The number of rotatable bonds is 1. The van der Waals surface area contributed by atoms with Gasteiger partial charge in [0.05, 0.1) is 18.9 Å². The zero-order valence-electron chi connectivity index (χ0n) is 6.26. The van der Waals surface area contributed by atoms with E-state index in [1.54, 1.807) is 6.20 Å². The fourth-order valence-electron chi connectivity index (χ4n) is 1.07. The summed E-state index contributed by atoms with van der Waals surface area (Å²) in [6, 6.07) is 3.85. The standard InChI is InChI=1S/C8H7BrClNO/c9-6-1-2-7(11-3-6)8(10)4-12-5-8/h1-3H,4-5H2. The molecule has 2 nitrogen and oxygen atoms in total. The van der Waals surface area contributed by atoms with Gasteiger partial charge in [0, 0.05) is 10.7 Å². The van der Waals surface area contributed by atoms with Gasteiger partial charge in [0.1, 0.15) is 4.87 Å². The van der Waals surface area contributed by atoms with Gasteiger partial charge in [-0.2, -0.15) is 0 Å². The van der Waals surface area contributed by atoms with Gasteiger partial charge in [-0.15, -0.1) is 11.6 Å². The minimum Gasteiger partial charge on any atom is -0.377 e. The van der Waals surface area contributed by atoms with Crippen LogP contribution in [0.3, 0.4) is 0 Å². The molecule has 0 amide bonds. The number of nitrogens with zero attached hydrogens (tertiary/aromatic N) is 1. The Hall–Kier alpha value is -0.120. The second-order valence-corrected chi connectivity index (χ2v) is 4.46. The molecule has 2 heterocycles. The molecule has 0 aliphatic carbocycles. The first-order valence-electron chi connectivity index (χ1n) is 3.59. The van der Waals surface area contributed by atoms with Crippen LogP contribution in [0.15, 0.2) is 22.8 Å². The number of ether oxygens (including phenoxy) is 1. The Morgan fingerprint density at radius 1 is 1.50 bits per heavy atom. The fourth-order valence-corrected chi connectivity index (χ4v) is 1.57. The van der Waals surface area contributed by atoms with Crippen molar-refractivity contribution < 1.29 is 4.74 Å². The molecule has 0 N–H and O–H groups in total. The van der Waals surface area contributed by atoms with E-state index in [2.05, 4.69) is 20.9 Å². The van der Waals surface area contributed by atoms with Crippen molar-refractivity contribution >= 4 is 27.5 Å². The highest BCUT2D eigenvalue weighted by Gasteiger charge is 2.39. The Labute approximate surface area is 84.0 Å². The van der Waals surface area contributed by atoms with Gasteiger partial charge in [0.15, 0.2) is 0 Å². The highest BCUT2D eigenvalue weighted by molar-refractivity contribution is 9.10. The van der Waals surface area contributed by atoms with Crippen LogP contribution in [-0.2, 0) is 9.61 Å². The third kappa shape index (κ3) is 1.37. The number of hydrogen-bond donors (Lipinski definition) is 0. The molecule has 0 atom stereocenters. The quantitative estimate of drug-likeness (QED) is 0.712. The Balaban J connectivity index is 2.28. The summed E-state index contributed by atoms with van der Waals surface area (Å²) >= 11 is 9.50. The van der Waals surface area contributed by atoms with E-state index in [0.717, 1.165) is 10.2 Å². The van der Waals surface area contributed by atoms with Crippen LogP contribution >= 0.6 is 27.5 Å². The van der Waals surface area contributed by atoms with E-state index in [0.29, 0.717) is 13.2 Å². The van der Waals surface area contributed by atoms with Gasteiger partial charge < -0.3 is 4.74 Å². The minimum absolute atomic E-state index is 0.374. The monoisotopic (exact) mass is 247 g/mol. The number of pyridine rings is 1. The van der Waals surface area contributed by atoms with E-state index in [1.165, 1.54) is 0 Å². The lowest BCUT2D eigenvalue weighted by Crippen LogP contribution is -2.42. The van der Waals surface area contributed by atoms with Crippen LogP contribution < -0.4 is 0 Å². The van der Waals surface area contributed by atoms with Crippen LogP contribution in [0.1, 0.15) is 5.69 Å². The maximum Gasteiger partial charge on any atom is 0.133 e. The van der Waals surface area contributed by atoms with E-state index in [-0.39, 0.29) is 4.87 Å². The molecule has 12 heavy (non-hydrogen) atoms. The number of alkyl halides is 1. The molecule has 0 unspecified atom stereocenters. The molecule has 0 spiro atoms. The summed E-state index contributed by atoms with van der Waals surface area (Å²) in [5, 5.41) is 0. The molecule has 4 heteroatoms. The summed E-state index contributed by atoms with van der Waals surface area (Å²) in [7, 11) is 0. The number of hydrogen-bond acceptors (Lipinski definition) is 2. The fraction of sp³-hybridized carbons (Fsp3) is 0.375. The topological polar surface area (TPSA) is 22.1 Å². The Morgan fingerprint density at radius 3 is 2.67 bits per heavy atom. The third-order valence-electron chi connectivity index (χ3n) is 1.85. The van der Waals surface area contributed by atoms with E-state index in [9.17, 15) is 0 Å². The van der Waals surface area contributed by atoms with Crippen molar-refractivity contribution in [2.24, 2.45) is 0 Å². The van der Waals surface area contributed by atoms with Crippen molar-refractivity contribution in [3.05, 3.63) is 28.5 Å². The lowest BCUT2D eigenvalue weighted by atomic mass is 10.0. The predicted molar refractivity (Wildman–Crippen MR) is 50.3 cm³/mol. The van der Waals surface area contributed by atoms with Crippen LogP contribution in [0.4, 0.5) is 0 Å². The highest BCUT2D eigenvalue weighted by Crippen LogP contribution is 2.35. The van der Waals surface area contributed by atoms with E-state index >= 15 is 0 Å². The summed E-state index contributed by atoms with van der Waals surface area (Å²) in [5.74, 6) is 0. The summed E-state index contributed by atoms with van der Waals surface area (Å²) in [4.78, 5) is 3.84. The van der Waals surface area contributed by atoms with E-state index in [4.69, 9.17) is 16.3 Å². The second kappa shape index (κ2) is 2.98. The first kappa shape index (κ1) is 8.48. The van der Waals surface area contributed by atoms with E-state index < -0.39 is 0 Å². The van der Waals surface area contributed by atoms with Gasteiger partial charge in [0.2, 0.25) is 0 Å². The Morgan fingerprint density at radius 2 is 2.25 bits per heavy atom. The van der Waals surface area contributed by atoms with Gasteiger partial charge >= 0.3 is 0 Å². The molecule has 1 fully saturated rings. The molecule has 2 rings (SSSR count). The van der Waals surface area contributed by atoms with Crippen molar-refractivity contribution in [3.8, 4) is 0 Å². The van der Waals surface area contributed by atoms with Crippen LogP contribution in [0.2, 0.25) is 0 Å². The lowest BCUT2D eigenvalue weighted by molar-refractivity contribution is -0.0171. The summed E-state index contributed by atoms with van der Waals surface area (Å²) in [5.41, 5.74) is 0.888. The smallest absolute Gasteiger partial charge is 0.133 e. The zero-order chi connectivity index (χ0) is 8.60. The van der Waals surface area contributed by atoms with Gasteiger partial charge in [0.25, 0.3) is 0 Å². The minimum atomic E-state index is -0.374. The zero-order valence-corrected chi connectivity index (χ0v) is 8.60. The molecule has 0 bridgehead atoms. The Bertz CT molecular complexity index is 284. The first-order valence-corrected chi connectivity index (χ1v) is 4.76. The molecule has 1 saturated heterocycles. The normalized spacial score (nSPS) is 20.2. The lowest BCUT2D eigenvalue weighted by Gasteiger charge is -2.34. The summed E-state index contributed by atoms with van der Waals surface area (Å²) < 4.78 is 6.00. The van der Waals surface area contributed by atoms with Crippen LogP contribution in [0, 0.1) is 0 Å². The van der Waals surface area contributed by atoms with Gasteiger partial charge in [-0.25, -0.2) is 0 Å². The maximum absolute atomic E-state index is 6.18. The largest absolute Gasteiger partial charge is 0.377 e. The first-order chi connectivity index (χ1) is 5.71. The molecule has 0 radical (unpaired) electrons. The van der Waals surface area contributed by atoms with Gasteiger partial charge in [-0.05, 0) is 28.1 Å². The summed E-state index contributed by atoms with van der Waals surface area (Å²) in [6.07, 6.45) is 1.75. The number of halogens is 2. The van der Waals surface area contributed by atoms with Gasteiger partial charge in [-0.3, -0.25) is 4.98 Å². The van der Waals surface area contributed by atoms with Crippen molar-refractivity contribution in [2.75, 3.05) is 13.2 Å². The predicted octanol–water partition coefficient (Wildman–Crippen LogP) is 2.31. The van der Waals surface area contributed by atoms with Gasteiger partial charge in [-0.1, -0.05) is 0 Å². The van der Waals surface area contributed by atoms with E-state index in [1.807, 2.05) is 12.1 Å². The number of aromatic nitrogens is 1. The van der Waals surface area contributed by atoms with Crippen LogP contribution in [0.5, 0.6) is 0 Å². The maximum atomic E-state index is 6.18. The van der Waals surface area contributed by atoms with Crippen molar-refractivity contribution in [1.82, 2.24) is 4.98 Å². The van der Waals surface area contributed by atoms with Crippen LogP contribution in [0.25, 0.3) is 0 Å². The molecular weight excluding hydrogens is 241 g/mol. The third-order valence-corrected chi connectivity index (χ3v) is 2.73. The highest BCUT2D eigenvalue weighted by atomic mass is 79.9. The van der Waals surface area contributed by atoms with Crippen molar-refractivity contribution in [3.63, 3.8) is 0 Å². The summed E-state index contributed by atoms with van der Waals surface area (Å²) in [6.45, 7) is 1.12. The molecule has 64 valence electrons. The average molecular weight is 249 g/mol. The van der Waals surface area contributed by atoms with Crippen molar-refractivity contribution in [1.29, 1.82) is 0 Å². The molecule has 0 saturated carbocycles. The SMILES string of the molecule is ClC1(c2ccc(Br)cn2)COC1. The molecule has 1 aliphatic rings. The molecular formula is C8H7BrClNO. The molecule has 1 aliphatic heterocycles. The molecule has 1 aromatic rings. The Kier molecular flexibility index (Phi) is 2.10. The second-order valence-electron chi connectivity index (χ2n) is 2.82. The molecule has 0 aromatic carbocycles.